The number of fused-ring (bicyclic) bond motifs is 1. The van der Waals surface area contributed by atoms with Gasteiger partial charge in [0.25, 0.3) is 0 Å². The maximum absolute atomic E-state index is 8.57. The van der Waals surface area contributed by atoms with Gasteiger partial charge in [-0.15, -0.1) is 0 Å². The van der Waals surface area contributed by atoms with Gasteiger partial charge in [-0.1, -0.05) is 12.2 Å². The van der Waals surface area contributed by atoms with Crippen LogP contribution in [0.25, 0.3) is 11.1 Å². The zero-order valence-corrected chi connectivity index (χ0v) is 6.94. The lowest BCUT2D eigenvalue weighted by Crippen LogP contribution is -1.87. The monoisotopic (exact) mass is 170 g/mol. The highest BCUT2D eigenvalue weighted by Crippen LogP contribution is 2.24. The van der Waals surface area contributed by atoms with E-state index in [-0.39, 0.29) is 0 Å². The van der Waals surface area contributed by atoms with Crippen LogP contribution in [0.1, 0.15) is 5.56 Å². The molecule has 1 aromatic rings. The van der Waals surface area contributed by atoms with Crippen molar-refractivity contribution in [1.29, 1.82) is 5.39 Å². The van der Waals surface area contributed by atoms with E-state index in [2.05, 4.69) is 10.3 Å². The van der Waals surface area contributed by atoms with Gasteiger partial charge in [0.2, 0.25) is 5.39 Å². The van der Waals surface area contributed by atoms with Gasteiger partial charge in [-0.25, -0.2) is 0 Å². The molecule has 1 aromatic carbocycles. The van der Waals surface area contributed by atoms with Crippen LogP contribution in [0.2, 0.25) is 0 Å². The fourth-order valence-electron chi connectivity index (χ4n) is 1.23. The standard InChI is InChI=1S/C10H8N3/c11-13-9-4-5-10-8(7-9)3-1-2-6-12-10/h1-7,12H/q+1. The Morgan fingerprint density at radius 3 is 3.00 bits per heavy atom. The van der Waals surface area contributed by atoms with Gasteiger partial charge in [0.1, 0.15) is 0 Å². The van der Waals surface area contributed by atoms with Crippen LogP contribution in [-0.2, 0) is 0 Å². The van der Waals surface area contributed by atoms with Crippen molar-refractivity contribution in [2.45, 2.75) is 0 Å². The van der Waals surface area contributed by atoms with Crippen molar-refractivity contribution in [1.82, 2.24) is 0 Å². The topological polar surface area (TPSA) is 40.2 Å². The fraction of sp³-hybridized carbons (Fsp3) is 0. The Hall–Kier alpha value is -2.08. The van der Waals surface area contributed by atoms with E-state index in [9.17, 15) is 0 Å². The molecule has 1 aliphatic rings. The number of diazo groups is 1. The molecule has 3 nitrogen and oxygen atoms in total. The summed E-state index contributed by atoms with van der Waals surface area (Å²) >= 11 is 0. The van der Waals surface area contributed by atoms with Crippen LogP contribution >= 0.6 is 0 Å². The summed E-state index contributed by atoms with van der Waals surface area (Å²) in [7, 11) is 0. The van der Waals surface area contributed by atoms with Crippen LogP contribution in [-0.4, -0.2) is 0 Å². The first-order valence-corrected chi connectivity index (χ1v) is 3.99. The molecule has 0 radical (unpaired) electrons. The number of allylic oxidation sites excluding steroid dienone is 2. The van der Waals surface area contributed by atoms with Crippen molar-refractivity contribution in [3.05, 3.63) is 47.1 Å². The summed E-state index contributed by atoms with van der Waals surface area (Å²) in [5, 5.41) is 11.7. The highest BCUT2D eigenvalue weighted by Gasteiger charge is 2.08. The molecule has 62 valence electrons. The zero-order chi connectivity index (χ0) is 9.10. The smallest absolute Gasteiger partial charge is 0.361 e. The quantitative estimate of drug-likeness (QED) is 0.607. The van der Waals surface area contributed by atoms with Crippen molar-refractivity contribution in [3.8, 4) is 0 Å². The molecule has 0 aliphatic carbocycles. The predicted molar refractivity (Wildman–Crippen MR) is 53.0 cm³/mol. The summed E-state index contributed by atoms with van der Waals surface area (Å²) in [5.41, 5.74) is 2.59. The van der Waals surface area contributed by atoms with Crippen molar-refractivity contribution in [3.63, 3.8) is 0 Å². The number of anilines is 1. The summed E-state index contributed by atoms with van der Waals surface area (Å²) in [6, 6.07) is 5.44. The Morgan fingerprint density at radius 1 is 1.23 bits per heavy atom. The molecule has 1 aliphatic heterocycles. The van der Waals surface area contributed by atoms with Gasteiger partial charge in [-0.05, 0) is 12.1 Å². The minimum Gasteiger partial charge on any atom is -0.361 e. The SMILES string of the molecule is N#[N+]c1ccc2c(c1)C=CC=CN2. The molecule has 1 heterocycles. The predicted octanol–water partition coefficient (Wildman–Crippen LogP) is 3.12. The van der Waals surface area contributed by atoms with E-state index in [1.54, 1.807) is 6.07 Å². The summed E-state index contributed by atoms with van der Waals surface area (Å²) < 4.78 is 0. The van der Waals surface area contributed by atoms with Gasteiger partial charge in [0.05, 0.1) is 0 Å². The molecule has 0 aromatic heterocycles. The Balaban J connectivity index is 2.53. The van der Waals surface area contributed by atoms with Crippen LogP contribution in [0.5, 0.6) is 0 Å². The van der Waals surface area contributed by atoms with Crippen LogP contribution < -0.4 is 5.32 Å². The maximum Gasteiger partial charge on any atom is 0.385 e. The number of nitrogens with one attached hydrogen (secondary N) is 1. The highest BCUT2D eigenvalue weighted by atomic mass is 14.9. The molecule has 2 rings (SSSR count). The molecule has 0 saturated carbocycles. The summed E-state index contributed by atoms with van der Waals surface area (Å²) in [6.07, 6.45) is 7.66. The molecule has 0 bridgehead atoms. The lowest BCUT2D eigenvalue weighted by Gasteiger charge is -2.00. The first-order chi connectivity index (χ1) is 6.40. The average Bonchev–Trinajstić information content (AvgIpc) is 2.41. The van der Waals surface area contributed by atoms with E-state index in [0.717, 1.165) is 11.3 Å². The van der Waals surface area contributed by atoms with Crippen molar-refractivity contribution in [2.24, 2.45) is 0 Å². The first kappa shape index (κ1) is 7.56. The Morgan fingerprint density at radius 2 is 2.15 bits per heavy atom. The van der Waals surface area contributed by atoms with E-state index in [1.807, 2.05) is 36.6 Å². The van der Waals surface area contributed by atoms with Gasteiger partial charge in [-0.3, -0.25) is 0 Å². The molecular formula is C10H8N3+. The molecule has 0 fully saturated rings. The van der Waals surface area contributed by atoms with Gasteiger partial charge < -0.3 is 5.32 Å². The molecule has 0 amide bonds. The third kappa shape index (κ3) is 1.42. The van der Waals surface area contributed by atoms with E-state index in [4.69, 9.17) is 5.39 Å². The van der Waals surface area contributed by atoms with E-state index < -0.39 is 0 Å². The van der Waals surface area contributed by atoms with Gasteiger partial charge in [0.15, 0.2) is 4.98 Å². The summed E-state index contributed by atoms with van der Waals surface area (Å²) in [5.74, 6) is 0. The lowest BCUT2D eigenvalue weighted by molar-refractivity contribution is 1.46. The number of hydrogen-bond acceptors (Lipinski definition) is 2. The molecule has 0 saturated heterocycles. The first-order valence-electron chi connectivity index (χ1n) is 3.99. The number of benzene rings is 1. The maximum atomic E-state index is 8.57. The summed E-state index contributed by atoms with van der Waals surface area (Å²) in [4.78, 5) is 3.13. The van der Waals surface area contributed by atoms with Gasteiger partial charge in [0, 0.05) is 29.6 Å². The molecule has 0 unspecified atom stereocenters. The second kappa shape index (κ2) is 3.11. The minimum atomic E-state index is 0.562. The normalized spacial score (nSPS) is 12.5. The minimum absolute atomic E-state index is 0.562. The van der Waals surface area contributed by atoms with Crippen LogP contribution in [0.4, 0.5) is 11.4 Å². The number of rotatable bonds is 0. The fourth-order valence-corrected chi connectivity index (χ4v) is 1.23. The van der Waals surface area contributed by atoms with Crippen molar-refractivity contribution < 1.29 is 0 Å². The number of hydrogen-bond donors (Lipinski definition) is 1. The molecule has 0 spiro atoms. The van der Waals surface area contributed by atoms with Crippen molar-refractivity contribution in [2.75, 3.05) is 5.32 Å². The molecular weight excluding hydrogens is 162 g/mol. The lowest BCUT2D eigenvalue weighted by atomic mass is 10.1. The molecule has 3 heteroatoms. The van der Waals surface area contributed by atoms with E-state index >= 15 is 0 Å². The van der Waals surface area contributed by atoms with Gasteiger partial charge >= 0.3 is 5.69 Å². The largest absolute Gasteiger partial charge is 0.385 e. The third-order valence-electron chi connectivity index (χ3n) is 1.87. The molecule has 13 heavy (non-hydrogen) atoms. The molecule has 1 N–H and O–H groups in total. The zero-order valence-electron chi connectivity index (χ0n) is 6.94. The second-order valence-electron chi connectivity index (χ2n) is 2.73. The second-order valence-corrected chi connectivity index (χ2v) is 2.73. The van der Waals surface area contributed by atoms with Gasteiger partial charge in [-0.2, -0.15) is 0 Å². The van der Waals surface area contributed by atoms with Crippen LogP contribution in [0, 0.1) is 5.39 Å². The van der Waals surface area contributed by atoms with E-state index in [1.165, 1.54) is 0 Å². The Bertz CT molecular complexity index is 424. The highest BCUT2D eigenvalue weighted by molar-refractivity contribution is 5.73. The number of nitrogens with zero attached hydrogens (tertiary/aromatic N) is 2. The van der Waals surface area contributed by atoms with Crippen molar-refractivity contribution >= 4 is 17.5 Å². The van der Waals surface area contributed by atoms with Crippen LogP contribution in [0.3, 0.4) is 0 Å². The Kier molecular flexibility index (Phi) is 1.81. The molecule has 0 atom stereocenters. The summed E-state index contributed by atoms with van der Waals surface area (Å²) in [6.45, 7) is 0. The van der Waals surface area contributed by atoms with E-state index in [0.29, 0.717) is 5.69 Å². The Labute approximate surface area is 76.0 Å². The third-order valence-corrected chi connectivity index (χ3v) is 1.87. The average molecular weight is 170 g/mol. The van der Waals surface area contributed by atoms with Crippen LogP contribution in [0.15, 0.2) is 36.6 Å².